The average Bonchev–Trinajstić information content (AvgIpc) is 3.37. The van der Waals surface area contributed by atoms with Crippen LogP contribution in [0.25, 0.3) is 34.4 Å². The molecule has 0 spiro atoms. The fraction of sp³-hybridized carbons (Fsp3) is 0.100. The van der Waals surface area contributed by atoms with Gasteiger partial charge in [-0.25, -0.2) is 17.7 Å². The first-order valence-electron chi connectivity index (χ1n) is 9.50. The van der Waals surface area contributed by atoms with Crippen molar-refractivity contribution in [3.63, 3.8) is 0 Å². The molecule has 0 radical (unpaired) electrons. The van der Waals surface area contributed by atoms with E-state index in [-0.39, 0.29) is 32.1 Å². The van der Waals surface area contributed by atoms with Gasteiger partial charge in [0.25, 0.3) is 0 Å². The van der Waals surface area contributed by atoms with Gasteiger partial charge in [0.2, 0.25) is 0 Å². The summed E-state index contributed by atoms with van der Waals surface area (Å²) in [4.78, 5) is 3.96. The molecule has 4 aromatic rings. The first kappa shape index (κ1) is 23.7. The van der Waals surface area contributed by atoms with E-state index in [2.05, 4.69) is 10.1 Å². The largest absolute Gasteiger partial charge is 0.379 e. The fourth-order valence-electron chi connectivity index (χ4n) is 3.19. The molecule has 14 heteroatoms. The summed E-state index contributed by atoms with van der Waals surface area (Å²) in [5.74, 6) is -1.68. The van der Waals surface area contributed by atoms with Crippen molar-refractivity contribution in [1.29, 1.82) is 0 Å². The van der Waals surface area contributed by atoms with Gasteiger partial charge in [0.1, 0.15) is 11.6 Å². The molecule has 0 saturated carbocycles. The molecule has 0 aliphatic rings. The van der Waals surface area contributed by atoms with Gasteiger partial charge in [-0.15, -0.1) is 4.09 Å². The summed E-state index contributed by atoms with van der Waals surface area (Å²) in [6.07, 6.45) is 5.22. The minimum Gasteiger partial charge on any atom is -0.268 e. The predicted octanol–water partition coefficient (Wildman–Crippen LogP) is 2.65. The molecular formula is C20H17F2N5O5S2. The fourth-order valence-corrected chi connectivity index (χ4v) is 4.71. The van der Waals surface area contributed by atoms with Crippen LogP contribution in [0.5, 0.6) is 0 Å². The van der Waals surface area contributed by atoms with E-state index in [1.165, 1.54) is 62.8 Å². The summed E-state index contributed by atoms with van der Waals surface area (Å²) in [5, 5.41) is 3.94. The van der Waals surface area contributed by atoms with Crippen LogP contribution in [0.4, 0.5) is 8.78 Å². The minimum atomic E-state index is -4.89. The number of rotatable bonds is 6. The number of aromatic nitrogens is 4. The van der Waals surface area contributed by atoms with Crippen LogP contribution in [-0.2, 0) is 20.5 Å². The van der Waals surface area contributed by atoms with E-state index in [0.29, 0.717) is 5.56 Å². The average molecular weight is 510 g/mol. The Morgan fingerprint density at radius 3 is 2.32 bits per heavy atom. The zero-order valence-corrected chi connectivity index (χ0v) is 19.3. The molecule has 0 amide bonds. The summed E-state index contributed by atoms with van der Waals surface area (Å²) >= 11 is 0. The Hall–Kier alpha value is -3.46. The van der Waals surface area contributed by atoms with Gasteiger partial charge in [0, 0.05) is 37.9 Å². The van der Waals surface area contributed by atoms with Crippen LogP contribution in [0.2, 0.25) is 0 Å². The van der Waals surface area contributed by atoms with Crippen molar-refractivity contribution in [3.05, 3.63) is 71.7 Å². The molecule has 0 bridgehead atoms. The summed E-state index contributed by atoms with van der Waals surface area (Å²) < 4.78 is 88.6. The lowest BCUT2D eigenvalue weighted by molar-refractivity contribution is 0.467. The van der Waals surface area contributed by atoms with Gasteiger partial charge in [-0.05, 0) is 29.8 Å². The normalized spacial score (nSPS) is 12.9. The molecule has 2 aromatic carbocycles. The van der Waals surface area contributed by atoms with Crippen LogP contribution in [0.1, 0.15) is 11.3 Å². The third-order valence-electron chi connectivity index (χ3n) is 4.85. The molecule has 0 saturated heterocycles. The molecular weight excluding hydrogens is 492 g/mol. The summed E-state index contributed by atoms with van der Waals surface area (Å²) in [6, 6.07) is 7.40. The molecule has 178 valence electrons. The molecule has 0 unspecified atom stereocenters. The van der Waals surface area contributed by atoms with E-state index in [1.54, 1.807) is 0 Å². The number of hydrogen-bond acceptors (Lipinski definition) is 6. The molecule has 34 heavy (non-hydrogen) atoms. The molecule has 0 atom stereocenters. The molecule has 0 aliphatic carbocycles. The second-order valence-electron chi connectivity index (χ2n) is 7.28. The van der Waals surface area contributed by atoms with E-state index in [0.717, 1.165) is 20.5 Å². The van der Waals surface area contributed by atoms with Crippen molar-refractivity contribution in [2.45, 2.75) is 0 Å². The van der Waals surface area contributed by atoms with Crippen molar-refractivity contribution in [1.82, 2.24) is 22.4 Å². The first-order valence-corrected chi connectivity index (χ1v) is 12.3. The zero-order chi connectivity index (χ0) is 24.8. The van der Waals surface area contributed by atoms with E-state index in [1.807, 2.05) is 0 Å². The number of benzene rings is 2. The third-order valence-corrected chi connectivity index (χ3v) is 7.28. The smallest absolute Gasteiger partial charge is 0.268 e. The summed E-state index contributed by atoms with van der Waals surface area (Å²) in [7, 11) is -6.33. The monoisotopic (exact) mass is 509 g/mol. The lowest BCUT2D eigenvalue weighted by Crippen LogP contribution is -2.29. The van der Waals surface area contributed by atoms with Gasteiger partial charge < -0.3 is 0 Å². The molecule has 4 rings (SSSR count). The number of nitrogens with zero attached hydrogens (tertiary/aromatic N) is 5. The van der Waals surface area contributed by atoms with Gasteiger partial charge in [-0.1, -0.05) is 18.2 Å². The standard InChI is InChI=1S/C20H17F2N5O5S2/c1-25(2)33(28,29)26-10-9-23-20(26)15-11-16-18(8-5-13-3-6-14(21)7-4-13)24-27(34(30,31)32)19(16)12-17(15)22/h3-12H,1-2H3,(H,30,31,32)/b8-5+. The van der Waals surface area contributed by atoms with Gasteiger partial charge >= 0.3 is 20.5 Å². The van der Waals surface area contributed by atoms with Crippen molar-refractivity contribution < 1.29 is 30.2 Å². The molecule has 0 aliphatic heterocycles. The van der Waals surface area contributed by atoms with Crippen molar-refractivity contribution in [2.24, 2.45) is 0 Å². The zero-order valence-electron chi connectivity index (χ0n) is 17.7. The highest BCUT2D eigenvalue weighted by atomic mass is 32.2. The maximum absolute atomic E-state index is 15.1. The quantitative estimate of drug-likeness (QED) is 0.396. The summed E-state index contributed by atoms with van der Waals surface area (Å²) in [5.41, 5.74) is 0.0583. The Morgan fingerprint density at radius 2 is 1.71 bits per heavy atom. The minimum absolute atomic E-state index is 0.0202. The van der Waals surface area contributed by atoms with Crippen LogP contribution in [-0.4, -0.2) is 57.9 Å². The van der Waals surface area contributed by atoms with E-state index >= 15 is 4.39 Å². The number of imidazole rings is 1. The van der Waals surface area contributed by atoms with Crippen LogP contribution in [0.3, 0.4) is 0 Å². The summed E-state index contributed by atoms with van der Waals surface area (Å²) in [6.45, 7) is 0. The Labute approximate surface area is 193 Å². The molecule has 2 heterocycles. The van der Waals surface area contributed by atoms with Crippen molar-refractivity contribution in [3.8, 4) is 11.4 Å². The topological polar surface area (TPSA) is 127 Å². The van der Waals surface area contributed by atoms with Crippen LogP contribution < -0.4 is 0 Å². The van der Waals surface area contributed by atoms with Gasteiger partial charge in [-0.2, -0.15) is 26.2 Å². The van der Waals surface area contributed by atoms with Gasteiger partial charge in [0.05, 0.1) is 16.8 Å². The second-order valence-corrected chi connectivity index (χ2v) is 10.5. The highest BCUT2D eigenvalue weighted by Gasteiger charge is 2.25. The molecule has 1 N–H and O–H groups in total. The van der Waals surface area contributed by atoms with E-state index < -0.39 is 32.1 Å². The lowest BCUT2D eigenvalue weighted by Gasteiger charge is -2.14. The predicted molar refractivity (Wildman–Crippen MR) is 121 cm³/mol. The van der Waals surface area contributed by atoms with E-state index in [9.17, 15) is 25.8 Å². The Balaban J connectivity index is 1.95. The first-order chi connectivity index (χ1) is 15.9. The Kier molecular flexibility index (Phi) is 5.85. The second kappa shape index (κ2) is 8.39. The van der Waals surface area contributed by atoms with Gasteiger partial charge in [-0.3, -0.25) is 4.55 Å². The SMILES string of the molecule is CN(C)S(=O)(=O)n1ccnc1-c1cc2c(/C=C/c3ccc(F)cc3)nn(S(=O)(=O)O)c2cc1F. The maximum Gasteiger partial charge on any atom is 0.379 e. The maximum atomic E-state index is 15.1. The van der Waals surface area contributed by atoms with Crippen molar-refractivity contribution in [2.75, 3.05) is 14.1 Å². The number of fused-ring (bicyclic) bond motifs is 1. The van der Waals surface area contributed by atoms with Gasteiger partial charge in [0.15, 0.2) is 5.82 Å². The van der Waals surface area contributed by atoms with E-state index in [4.69, 9.17) is 0 Å². The third kappa shape index (κ3) is 4.23. The Bertz CT molecular complexity index is 1640. The number of hydrogen-bond donors (Lipinski definition) is 1. The Morgan fingerprint density at radius 1 is 1.03 bits per heavy atom. The van der Waals surface area contributed by atoms with Crippen LogP contribution >= 0.6 is 0 Å². The number of halogens is 2. The highest BCUT2D eigenvalue weighted by Crippen LogP contribution is 2.31. The van der Waals surface area contributed by atoms with Crippen molar-refractivity contribution >= 4 is 43.6 Å². The molecule has 10 nitrogen and oxygen atoms in total. The van der Waals surface area contributed by atoms with Crippen LogP contribution in [0.15, 0.2) is 48.8 Å². The molecule has 0 fully saturated rings. The highest BCUT2D eigenvalue weighted by molar-refractivity contribution is 7.87. The lowest BCUT2D eigenvalue weighted by atomic mass is 10.1. The van der Waals surface area contributed by atoms with Crippen LogP contribution in [0, 0.1) is 11.6 Å². The molecule has 2 aromatic heterocycles.